The molecule has 3 aliphatic rings. The molecule has 0 amide bonds. The van der Waals surface area contributed by atoms with Crippen LogP contribution in [-0.2, 0) is 0 Å². The zero-order chi connectivity index (χ0) is 7.14. The first-order chi connectivity index (χ1) is 4.79. The van der Waals surface area contributed by atoms with Gasteiger partial charge in [-0.1, -0.05) is 0 Å². The van der Waals surface area contributed by atoms with Gasteiger partial charge in [-0.25, -0.2) is 0 Å². The Labute approximate surface area is 70.7 Å². The SMILES string of the molecule is Cl[C@@H]1[C@@H](Cl)N2CCN1CC2. The molecule has 0 saturated carbocycles. The summed E-state index contributed by atoms with van der Waals surface area (Å²) in [6, 6.07) is 0. The van der Waals surface area contributed by atoms with E-state index in [1.165, 1.54) is 0 Å². The molecule has 0 unspecified atom stereocenters. The summed E-state index contributed by atoms with van der Waals surface area (Å²) in [5, 5.41) is 0. The minimum Gasteiger partial charge on any atom is -0.283 e. The molecule has 4 heteroatoms. The predicted octanol–water partition coefficient (Wildman–Crippen LogP) is 0.747. The second kappa shape index (κ2) is 2.52. The van der Waals surface area contributed by atoms with Gasteiger partial charge in [0.2, 0.25) is 0 Å². The summed E-state index contributed by atoms with van der Waals surface area (Å²) in [7, 11) is 0. The fraction of sp³-hybridized carbons (Fsp3) is 1.00. The average Bonchev–Trinajstić information content (AvgIpc) is 2.00. The molecule has 2 atom stereocenters. The summed E-state index contributed by atoms with van der Waals surface area (Å²) < 4.78 is 0. The minimum atomic E-state index is 0.0316. The average molecular weight is 181 g/mol. The molecule has 10 heavy (non-hydrogen) atoms. The Morgan fingerprint density at radius 3 is 1.30 bits per heavy atom. The van der Waals surface area contributed by atoms with E-state index >= 15 is 0 Å². The molecule has 2 bridgehead atoms. The summed E-state index contributed by atoms with van der Waals surface area (Å²) in [6.45, 7) is 4.32. The highest BCUT2D eigenvalue weighted by Gasteiger charge is 2.37. The third kappa shape index (κ3) is 0.944. The first-order valence-corrected chi connectivity index (χ1v) is 4.42. The van der Waals surface area contributed by atoms with Crippen molar-refractivity contribution in [2.45, 2.75) is 11.0 Å². The quantitative estimate of drug-likeness (QED) is 0.402. The van der Waals surface area contributed by atoms with Crippen molar-refractivity contribution in [1.29, 1.82) is 0 Å². The molecule has 0 N–H and O–H groups in total. The Bertz CT molecular complexity index is 114. The molecule has 2 nitrogen and oxygen atoms in total. The van der Waals surface area contributed by atoms with Crippen LogP contribution in [-0.4, -0.2) is 47.0 Å². The summed E-state index contributed by atoms with van der Waals surface area (Å²) in [4.78, 5) is 4.47. The van der Waals surface area contributed by atoms with E-state index in [-0.39, 0.29) is 11.0 Å². The van der Waals surface area contributed by atoms with Crippen molar-refractivity contribution < 1.29 is 0 Å². The molecule has 0 spiro atoms. The van der Waals surface area contributed by atoms with Crippen LogP contribution in [0.4, 0.5) is 0 Å². The first-order valence-electron chi connectivity index (χ1n) is 3.55. The predicted molar refractivity (Wildman–Crippen MR) is 42.4 cm³/mol. The topological polar surface area (TPSA) is 6.48 Å². The van der Waals surface area contributed by atoms with Crippen LogP contribution in [0.5, 0.6) is 0 Å². The van der Waals surface area contributed by atoms with E-state index < -0.39 is 0 Å². The van der Waals surface area contributed by atoms with Gasteiger partial charge in [-0.2, -0.15) is 0 Å². The van der Waals surface area contributed by atoms with E-state index in [0.29, 0.717) is 0 Å². The fourth-order valence-electron chi connectivity index (χ4n) is 1.58. The van der Waals surface area contributed by atoms with Crippen molar-refractivity contribution in [1.82, 2.24) is 9.80 Å². The molecule has 58 valence electrons. The van der Waals surface area contributed by atoms with Crippen molar-refractivity contribution in [3.8, 4) is 0 Å². The van der Waals surface area contributed by atoms with Gasteiger partial charge in [0.25, 0.3) is 0 Å². The number of rotatable bonds is 0. The molecule has 0 aromatic heterocycles. The zero-order valence-corrected chi connectivity index (χ0v) is 7.15. The normalized spacial score (nSPS) is 53.4. The van der Waals surface area contributed by atoms with Crippen LogP contribution < -0.4 is 0 Å². The molecule has 3 saturated heterocycles. The van der Waals surface area contributed by atoms with Crippen LogP contribution in [0.25, 0.3) is 0 Å². The number of alkyl halides is 2. The van der Waals surface area contributed by atoms with Crippen molar-refractivity contribution in [2.75, 3.05) is 26.2 Å². The molecule has 0 radical (unpaired) electrons. The van der Waals surface area contributed by atoms with Gasteiger partial charge in [-0.15, -0.1) is 23.2 Å². The number of hydrogen-bond donors (Lipinski definition) is 0. The molecule has 0 aliphatic carbocycles. The van der Waals surface area contributed by atoms with Crippen LogP contribution >= 0.6 is 23.2 Å². The van der Waals surface area contributed by atoms with E-state index in [4.69, 9.17) is 23.2 Å². The van der Waals surface area contributed by atoms with Crippen LogP contribution in [0.2, 0.25) is 0 Å². The molecule has 0 aromatic rings. The molecule has 3 heterocycles. The number of hydrogen-bond acceptors (Lipinski definition) is 2. The summed E-state index contributed by atoms with van der Waals surface area (Å²) in [5.41, 5.74) is 0.0633. The van der Waals surface area contributed by atoms with Crippen molar-refractivity contribution in [3.05, 3.63) is 0 Å². The lowest BCUT2D eigenvalue weighted by Gasteiger charge is -2.48. The maximum absolute atomic E-state index is 6.02. The molecule has 3 rings (SSSR count). The third-order valence-corrected chi connectivity index (χ3v) is 3.43. The van der Waals surface area contributed by atoms with Gasteiger partial charge in [-0.05, 0) is 0 Å². The highest BCUT2D eigenvalue weighted by Crippen LogP contribution is 2.26. The molecule has 3 fully saturated rings. The van der Waals surface area contributed by atoms with Gasteiger partial charge in [-0.3, -0.25) is 9.80 Å². The summed E-state index contributed by atoms with van der Waals surface area (Å²) in [5.74, 6) is 0. The smallest absolute Gasteiger partial charge is 0.115 e. The molecule has 3 aliphatic heterocycles. The Morgan fingerprint density at radius 2 is 1.10 bits per heavy atom. The van der Waals surface area contributed by atoms with E-state index in [9.17, 15) is 0 Å². The third-order valence-electron chi connectivity index (χ3n) is 2.27. The van der Waals surface area contributed by atoms with Gasteiger partial charge in [0.15, 0.2) is 0 Å². The Hall–Kier alpha value is 0.500. The van der Waals surface area contributed by atoms with Crippen molar-refractivity contribution in [2.24, 2.45) is 0 Å². The van der Waals surface area contributed by atoms with E-state index in [1.54, 1.807) is 0 Å². The number of halogens is 2. The molecule has 0 aromatic carbocycles. The highest BCUT2D eigenvalue weighted by molar-refractivity contribution is 6.29. The Balaban J connectivity index is 2.13. The van der Waals surface area contributed by atoms with Gasteiger partial charge < -0.3 is 0 Å². The first kappa shape index (κ1) is 7.17. The van der Waals surface area contributed by atoms with E-state index in [2.05, 4.69) is 9.80 Å². The fourth-order valence-corrected chi connectivity index (χ4v) is 2.29. The maximum Gasteiger partial charge on any atom is 0.115 e. The van der Waals surface area contributed by atoms with Gasteiger partial charge >= 0.3 is 0 Å². The van der Waals surface area contributed by atoms with Crippen LogP contribution in [0.1, 0.15) is 0 Å². The lowest BCUT2D eigenvalue weighted by Crippen LogP contribution is -2.62. The van der Waals surface area contributed by atoms with Crippen molar-refractivity contribution in [3.63, 3.8) is 0 Å². The minimum absolute atomic E-state index is 0.0316. The lowest BCUT2D eigenvalue weighted by molar-refractivity contribution is 0.0286. The van der Waals surface area contributed by atoms with Crippen LogP contribution in [0.15, 0.2) is 0 Å². The van der Waals surface area contributed by atoms with Crippen molar-refractivity contribution >= 4 is 23.2 Å². The van der Waals surface area contributed by atoms with Gasteiger partial charge in [0.05, 0.1) is 0 Å². The number of piperazine rings is 3. The highest BCUT2D eigenvalue weighted by atomic mass is 35.5. The largest absolute Gasteiger partial charge is 0.283 e. The molecular weight excluding hydrogens is 171 g/mol. The van der Waals surface area contributed by atoms with Crippen LogP contribution in [0.3, 0.4) is 0 Å². The Morgan fingerprint density at radius 1 is 0.800 bits per heavy atom. The summed E-state index contributed by atoms with van der Waals surface area (Å²) >= 11 is 12.0. The molecular formula is C6H10Cl2N2. The number of fused-ring (bicyclic) bond motifs is 3. The zero-order valence-electron chi connectivity index (χ0n) is 5.63. The maximum atomic E-state index is 6.02. The van der Waals surface area contributed by atoms with Crippen LogP contribution in [0, 0.1) is 0 Å². The van der Waals surface area contributed by atoms with E-state index in [1.807, 2.05) is 0 Å². The Kier molecular flexibility index (Phi) is 1.81. The second-order valence-corrected chi connectivity index (χ2v) is 3.71. The van der Waals surface area contributed by atoms with Gasteiger partial charge in [0, 0.05) is 26.2 Å². The lowest BCUT2D eigenvalue weighted by atomic mass is 10.2. The number of nitrogens with zero attached hydrogens (tertiary/aromatic N) is 2. The standard InChI is InChI=1S/C6H10Cl2N2/c7-5-6(8)10-2-1-9(5)3-4-10/h5-6H,1-4H2/t5-,6-/m0/s1. The van der Waals surface area contributed by atoms with Gasteiger partial charge in [0.1, 0.15) is 11.0 Å². The second-order valence-electron chi connectivity index (χ2n) is 2.82. The monoisotopic (exact) mass is 180 g/mol. The van der Waals surface area contributed by atoms with E-state index in [0.717, 1.165) is 26.2 Å². The summed E-state index contributed by atoms with van der Waals surface area (Å²) in [6.07, 6.45) is 0.